The quantitative estimate of drug-likeness (QED) is 0.0654. The molecule has 2 aliphatic heterocycles. The van der Waals surface area contributed by atoms with Crippen molar-refractivity contribution in [2.24, 2.45) is 5.73 Å². The van der Waals surface area contributed by atoms with Crippen LogP contribution >= 0.6 is 7.60 Å². The van der Waals surface area contributed by atoms with Gasteiger partial charge in [0, 0.05) is 36.6 Å². The predicted octanol–water partition coefficient (Wildman–Crippen LogP) is 7.95. The molecule has 2 aliphatic rings. The Balaban J connectivity index is 0.000000168. The van der Waals surface area contributed by atoms with Crippen molar-refractivity contribution >= 4 is 36.5 Å². The minimum atomic E-state index is -5.62. The van der Waals surface area contributed by atoms with E-state index in [2.05, 4.69) is 108 Å². The number of nitrogens with zero attached hydrogens (tertiary/aromatic N) is 3. The first-order valence-electron chi connectivity index (χ1n) is 19.8. The highest BCUT2D eigenvalue weighted by Gasteiger charge is 2.50. The maximum absolute atomic E-state index is 13.6. The lowest BCUT2D eigenvalue weighted by Crippen LogP contribution is -2.43. The van der Waals surface area contributed by atoms with Crippen LogP contribution in [-0.4, -0.2) is 88.9 Å². The van der Waals surface area contributed by atoms with Crippen LogP contribution in [0.1, 0.15) is 76.7 Å². The largest absolute Gasteiger partial charge is 0.399 e. The Hall–Kier alpha value is -5.10. The number of alkyl halides is 2. The second-order valence-corrected chi connectivity index (χ2v) is 16.7. The Kier molecular flexibility index (Phi) is 15.8. The second-order valence-electron chi connectivity index (χ2n) is 15.1. The number of amides is 2. The molecule has 0 radical (unpaired) electrons. The van der Waals surface area contributed by atoms with Crippen molar-refractivity contribution < 1.29 is 37.5 Å². The Bertz CT molecular complexity index is 2150. The Morgan fingerprint density at radius 2 is 1.46 bits per heavy atom. The molecule has 0 saturated carbocycles. The fourth-order valence-electron chi connectivity index (χ4n) is 7.67. The lowest BCUT2D eigenvalue weighted by Gasteiger charge is -2.29. The van der Waals surface area contributed by atoms with Crippen molar-refractivity contribution in [2.75, 3.05) is 40.3 Å². The van der Waals surface area contributed by atoms with Gasteiger partial charge in [0.2, 0.25) is 11.8 Å². The summed E-state index contributed by atoms with van der Waals surface area (Å²) in [5, 5.41) is 0.784. The van der Waals surface area contributed by atoms with Gasteiger partial charge in [-0.05, 0) is 98.5 Å². The number of halogens is 2. The molecule has 312 valence electrons. The van der Waals surface area contributed by atoms with E-state index in [9.17, 15) is 27.7 Å². The Morgan fingerprint density at radius 1 is 0.864 bits per heavy atom. The van der Waals surface area contributed by atoms with E-state index < -0.39 is 24.7 Å². The summed E-state index contributed by atoms with van der Waals surface area (Å²) in [6.07, 6.45) is 5.81. The molecule has 5 aromatic carbocycles. The van der Waals surface area contributed by atoms with E-state index >= 15 is 0 Å². The summed E-state index contributed by atoms with van der Waals surface area (Å²) in [5.41, 5.74) is 4.04. The van der Waals surface area contributed by atoms with Crippen LogP contribution in [-0.2, 0) is 19.8 Å². The number of primary amides is 1. The lowest BCUT2D eigenvalue weighted by atomic mass is 9.97. The number of likely N-dealkylation sites (tertiary alicyclic amines) is 2. The van der Waals surface area contributed by atoms with E-state index in [4.69, 9.17) is 15.5 Å². The fourth-order valence-corrected chi connectivity index (χ4v) is 8.15. The van der Waals surface area contributed by atoms with E-state index in [-0.39, 0.29) is 23.0 Å². The van der Waals surface area contributed by atoms with Gasteiger partial charge in [0.05, 0.1) is 12.1 Å². The van der Waals surface area contributed by atoms with Crippen LogP contribution in [0, 0.1) is 0 Å². The maximum atomic E-state index is 13.6. The van der Waals surface area contributed by atoms with Gasteiger partial charge >= 0.3 is 13.3 Å². The molecule has 2 atom stereocenters. The minimum absolute atomic E-state index is 0.120. The molecule has 7 rings (SSSR count). The standard InChI is InChI=1S/C18H21NO.C16H22N2O.C12H10F2NO4P/c1-19(14-8-9-15-20)18(16-10-4-2-5-11-16)17-12-6-3-7-13-17;1-17-10-5-8-15(17)16(19)18-11-9-14(12-18)13-6-3-2-4-7-13;13-12(14,20(17,18)19)10-4-3-7-1-2-8(11(15)16)5-9(7)6-10/h2-7,10-13,15,18H,8-9,14H2,1H3;2-4,6-7,14-15H,5,8-12H2,1H3;1-6H,(H2,15,16)(H2,17,18,19)/t;14?,15-;/m.0./s1. The van der Waals surface area contributed by atoms with Crippen molar-refractivity contribution in [1.82, 2.24) is 14.7 Å². The number of nitrogens with two attached hydrogens (primary N) is 1. The predicted molar refractivity (Wildman–Crippen MR) is 227 cm³/mol. The Morgan fingerprint density at radius 3 is 2.00 bits per heavy atom. The van der Waals surface area contributed by atoms with Gasteiger partial charge in [0.1, 0.15) is 6.29 Å². The monoisotopic (exact) mass is 826 g/mol. The average Bonchev–Trinajstić information content (AvgIpc) is 3.91. The zero-order chi connectivity index (χ0) is 42.6. The fraction of sp³-hybridized carbons (Fsp3) is 0.326. The third kappa shape index (κ3) is 11.8. The smallest absolute Gasteiger partial charge is 0.366 e. The molecule has 2 heterocycles. The van der Waals surface area contributed by atoms with Crippen molar-refractivity contribution in [3.63, 3.8) is 0 Å². The highest BCUT2D eigenvalue weighted by Crippen LogP contribution is 2.59. The molecule has 0 aliphatic carbocycles. The van der Waals surface area contributed by atoms with Crippen molar-refractivity contribution in [2.45, 2.75) is 55.8 Å². The molecule has 2 amide bonds. The first-order valence-corrected chi connectivity index (χ1v) is 21.4. The van der Waals surface area contributed by atoms with Gasteiger partial charge in [-0.25, -0.2) is 0 Å². The van der Waals surface area contributed by atoms with Crippen molar-refractivity contribution in [3.05, 3.63) is 155 Å². The minimum Gasteiger partial charge on any atom is -0.366 e. The number of rotatable bonds is 12. The molecule has 4 N–H and O–H groups in total. The molecule has 59 heavy (non-hydrogen) atoms. The number of aldehydes is 1. The van der Waals surface area contributed by atoms with Crippen LogP contribution in [0.5, 0.6) is 0 Å². The van der Waals surface area contributed by atoms with Gasteiger partial charge in [0.15, 0.2) is 0 Å². The zero-order valence-corrected chi connectivity index (χ0v) is 34.3. The molecule has 0 spiro atoms. The second kappa shape index (κ2) is 20.7. The summed E-state index contributed by atoms with van der Waals surface area (Å²) in [4.78, 5) is 58.0. The third-order valence-corrected chi connectivity index (χ3v) is 11.9. The highest BCUT2D eigenvalue weighted by atomic mass is 31.2. The normalized spacial score (nSPS) is 17.0. The van der Waals surface area contributed by atoms with Crippen LogP contribution in [0.25, 0.3) is 10.8 Å². The molecular weight excluding hydrogens is 773 g/mol. The summed E-state index contributed by atoms with van der Waals surface area (Å²) in [5.74, 6) is 0.148. The number of carbonyl (C=O) groups is 3. The van der Waals surface area contributed by atoms with Crippen LogP contribution < -0.4 is 5.73 Å². The number of carbonyl (C=O) groups excluding carboxylic acids is 3. The lowest BCUT2D eigenvalue weighted by molar-refractivity contribution is -0.134. The van der Waals surface area contributed by atoms with Crippen LogP contribution in [0.15, 0.2) is 127 Å². The summed E-state index contributed by atoms with van der Waals surface area (Å²) >= 11 is 0. The maximum Gasteiger partial charge on any atom is 0.399 e. The van der Waals surface area contributed by atoms with Gasteiger partial charge in [-0.1, -0.05) is 109 Å². The van der Waals surface area contributed by atoms with Crippen molar-refractivity contribution in [1.29, 1.82) is 0 Å². The molecule has 5 aromatic rings. The highest BCUT2D eigenvalue weighted by molar-refractivity contribution is 7.52. The molecule has 0 aromatic heterocycles. The molecular formula is C46H53F2N4O6P. The molecule has 1 unspecified atom stereocenters. The zero-order valence-electron chi connectivity index (χ0n) is 33.4. The summed E-state index contributed by atoms with van der Waals surface area (Å²) in [6, 6.07) is 39.4. The van der Waals surface area contributed by atoms with Gasteiger partial charge in [-0.15, -0.1) is 0 Å². The van der Waals surface area contributed by atoms with Crippen LogP contribution in [0.2, 0.25) is 0 Å². The SMILES string of the molecule is CN(CCCC=O)C(c1ccccc1)c1ccccc1.CN1CCC[C@H]1C(=O)N1CCC(c2ccccc2)C1.NC(=O)c1ccc2ccc(C(F)(F)P(=O)(O)O)cc2c1. The number of benzene rings is 5. The summed E-state index contributed by atoms with van der Waals surface area (Å²) < 4.78 is 38.0. The van der Waals surface area contributed by atoms with Crippen LogP contribution in [0.3, 0.4) is 0 Å². The van der Waals surface area contributed by atoms with E-state index in [0.29, 0.717) is 23.6 Å². The number of hydrogen-bond donors (Lipinski definition) is 3. The van der Waals surface area contributed by atoms with Gasteiger partial charge in [-0.3, -0.25) is 24.0 Å². The summed E-state index contributed by atoms with van der Waals surface area (Å²) in [7, 11) is -1.43. The van der Waals surface area contributed by atoms with E-state index in [1.165, 1.54) is 41.0 Å². The van der Waals surface area contributed by atoms with E-state index in [0.717, 1.165) is 70.3 Å². The first kappa shape index (κ1) is 45.0. The first-order chi connectivity index (χ1) is 28.2. The number of hydrogen-bond acceptors (Lipinski definition) is 6. The number of likely N-dealkylation sites (N-methyl/N-ethyl adjacent to an activating group) is 1. The van der Waals surface area contributed by atoms with Gasteiger partial charge in [0.25, 0.3) is 0 Å². The average molecular weight is 827 g/mol. The molecule has 0 bridgehead atoms. The number of fused-ring (bicyclic) bond motifs is 1. The van der Waals surface area contributed by atoms with Gasteiger partial charge < -0.3 is 25.2 Å². The summed E-state index contributed by atoms with van der Waals surface area (Å²) in [6.45, 7) is 3.79. The number of unbranched alkanes of at least 4 members (excludes halogenated alkanes) is 1. The van der Waals surface area contributed by atoms with Crippen molar-refractivity contribution in [3.8, 4) is 0 Å². The molecule has 2 fully saturated rings. The molecule has 10 nitrogen and oxygen atoms in total. The van der Waals surface area contributed by atoms with E-state index in [1.54, 1.807) is 0 Å². The topological polar surface area (TPSA) is 144 Å². The van der Waals surface area contributed by atoms with E-state index in [1.807, 2.05) is 12.1 Å². The van der Waals surface area contributed by atoms with Crippen LogP contribution in [0.4, 0.5) is 8.78 Å². The Labute approximate surface area is 344 Å². The van der Waals surface area contributed by atoms with Gasteiger partial charge in [-0.2, -0.15) is 8.78 Å². The molecule has 13 heteroatoms. The molecule has 2 saturated heterocycles. The third-order valence-electron chi connectivity index (χ3n) is 10.9.